The van der Waals surface area contributed by atoms with Crippen LogP contribution in [0.1, 0.15) is 56.9 Å². The Hall–Kier alpha value is -1.86. The van der Waals surface area contributed by atoms with Crippen molar-refractivity contribution in [3.05, 3.63) is 23.8 Å². The smallest absolute Gasteiger partial charge is 0.235 e. The van der Waals surface area contributed by atoms with Crippen molar-refractivity contribution in [1.82, 2.24) is 10.2 Å². The van der Waals surface area contributed by atoms with Crippen LogP contribution >= 0.6 is 0 Å². The van der Waals surface area contributed by atoms with Gasteiger partial charge in [-0.2, -0.15) is 0 Å². The van der Waals surface area contributed by atoms with E-state index in [1.165, 1.54) is 16.9 Å². The van der Waals surface area contributed by atoms with E-state index in [0.717, 1.165) is 74.2 Å². The van der Waals surface area contributed by atoms with Gasteiger partial charge in [-0.05, 0) is 56.8 Å². The van der Waals surface area contributed by atoms with Gasteiger partial charge in [0.25, 0.3) is 0 Å². The van der Waals surface area contributed by atoms with Gasteiger partial charge in [0.15, 0.2) is 0 Å². The van der Waals surface area contributed by atoms with Crippen LogP contribution in [0.5, 0.6) is 0 Å². The van der Waals surface area contributed by atoms with E-state index in [1.807, 2.05) is 18.2 Å². The zero-order valence-corrected chi connectivity index (χ0v) is 17.6. The lowest BCUT2D eigenvalue weighted by molar-refractivity contribution is -0.142. The number of nitrogens with zero attached hydrogens (tertiary/aromatic N) is 2. The Morgan fingerprint density at radius 2 is 1.93 bits per heavy atom. The summed E-state index contributed by atoms with van der Waals surface area (Å²) in [6.07, 6.45) is 8.08. The number of amides is 2. The molecule has 6 nitrogen and oxygen atoms in total. The average Bonchev–Trinajstić information content (AvgIpc) is 3.21. The van der Waals surface area contributed by atoms with Crippen LogP contribution in [-0.2, 0) is 26.8 Å². The molecule has 1 aromatic rings. The average molecular weight is 416 g/mol. The zero-order valence-electron chi connectivity index (χ0n) is 16.8. The maximum absolute atomic E-state index is 12.8. The van der Waals surface area contributed by atoms with E-state index >= 15 is 0 Å². The van der Waals surface area contributed by atoms with Crippen LogP contribution in [0.2, 0.25) is 0 Å². The zero-order chi connectivity index (χ0) is 20.3. The summed E-state index contributed by atoms with van der Waals surface area (Å²) in [4.78, 5) is 31.7. The standard InChI is InChI=1S/C22H29N3O3S/c26-19-15-22(10-2-1-3-11-22)21(27)25(19)14-5-4-12-23-13-9-17-7-6-8-18-20(17)29(28)16-24-18/h6-8,16,23H,1-5,9-15H2. The number of likely N-dealkylation sites (tertiary alicyclic amines) is 1. The summed E-state index contributed by atoms with van der Waals surface area (Å²) in [6, 6.07) is 5.86. The lowest BCUT2D eigenvalue weighted by Gasteiger charge is -2.30. The first-order valence-electron chi connectivity index (χ1n) is 10.7. The van der Waals surface area contributed by atoms with Gasteiger partial charge in [0.1, 0.15) is 0 Å². The largest absolute Gasteiger partial charge is 0.316 e. The predicted octanol–water partition coefficient (Wildman–Crippen LogP) is 3.09. The SMILES string of the molecule is O=C1CC2(CCCCC2)C(=O)N1CCCCNCCc1cccc2c1S(=O)C=N2. The molecule has 1 N–H and O–H groups in total. The van der Waals surface area contributed by atoms with Crippen LogP contribution in [0.15, 0.2) is 28.1 Å². The highest BCUT2D eigenvalue weighted by atomic mass is 32.2. The number of hydrogen-bond donors (Lipinski definition) is 1. The van der Waals surface area contributed by atoms with Crippen molar-refractivity contribution in [2.45, 2.75) is 62.7 Å². The molecule has 1 aliphatic carbocycles. The minimum Gasteiger partial charge on any atom is -0.316 e. The molecule has 1 aromatic carbocycles. The molecule has 1 saturated heterocycles. The van der Waals surface area contributed by atoms with Crippen LogP contribution in [0.4, 0.5) is 5.69 Å². The molecule has 2 aliphatic heterocycles. The normalized spacial score (nSPS) is 22.6. The number of carbonyl (C=O) groups excluding carboxylic acids is 2. The molecule has 1 unspecified atom stereocenters. The van der Waals surface area contributed by atoms with E-state index in [1.54, 1.807) is 0 Å². The van der Waals surface area contributed by atoms with Crippen molar-refractivity contribution < 1.29 is 13.8 Å². The van der Waals surface area contributed by atoms with Gasteiger partial charge in [0.2, 0.25) is 11.8 Å². The molecule has 1 atom stereocenters. The lowest BCUT2D eigenvalue weighted by Crippen LogP contribution is -2.37. The molecule has 29 heavy (non-hydrogen) atoms. The van der Waals surface area contributed by atoms with Gasteiger partial charge in [0.05, 0.1) is 32.3 Å². The van der Waals surface area contributed by atoms with Crippen molar-refractivity contribution in [1.29, 1.82) is 0 Å². The third-order valence-corrected chi connectivity index (χ3v) is 7.59. The molecule has 0 radical (unpaired) electrons. The monoisotopic (exact) mass is 415 g/mol. The van der Waals surface area contributed by atoms with Gasteiger partial charge in [-0.1, -0.05) is 31.4 Å². The molecule has 1 saturated carbocycles. The second-order valence-corrected chi connectivity index (χ2v) is 9.59. The van der Waals surface area contributed by atoms with E-state index in [2.05, 4.69) is 10.3 Å². The number of unbranched alkanes of at least 4 members (excludes halogenated alkanes) is 1. The summed E-state index contributed by atoms with van der Waals surface area (Å²) in [5, 5.41) is 3.42. The quantitative estimate of drug-likeness (QED) is 0.523. The number of carbonyl (C=O) groups is 2. The third-order valence-electron chi connectivity index (χ3n) is 6.42. The number of rotatable bonds is 8. The first-order chi connectivity index (χ1) is 14.1. The van der Waals surface area contributed by atoms with Gasteiger partial charge < -0.3 is 5.32 Å². The second-order valence-electron chi connectivity index (χ2n) is 8.37. The molecule has 2 amide bonds. The number of imide groups is 1. The molecule has 4 rings (SSSR count). The summed E-state index contributed by atoms with van der Waals surface area (Å²) in [5.74, 6) is 0.112. The van der Waals surface area contributed by atoms with Crippen LogP contribution < -0.4 is 5.32 Å². The molecule has 0 bridgehead atoms. The maximum atomic E-state index is 12.8. The number of nitrogens with one attached hydrogen (secondary N) is 1. The summed E-state index contributed by atoms with van der Waals surface area (Å²) in [5.41, 5.74) is 3.03. The summed E-state index contributed by atoms with van der Waals surface area (Å²) in [7, 11) is -1.12. The van der Waals surface area contributed by atoms with Crippen molar-refractivity contribution in [3.8, 4) is 0 Å². The lowest BCUT2D eigenvalue weighted by atomic mass is 9.73. The van der Waals surface area contributed by atoms with E-state index in [4.69, 9.17) is 0 Å². The van der Waals surface area contributed by atoms with Crippen LogP contribution in [-0.4, -0.2) is 46.1 Å². The fourth-order valence-corrected chi connectivity index (χ4v) is 5.90. The molecular formula is C22H29N3O3S. The van der Waals surface area contributed by atoms with E-state index in [9.17, 15) is 13.8 Å². The van der Waals surface area contributed by atoms with E-state index in [-0.39, 0.29) is 17.2 Å². The molecular weight excluding hydrogens is 386 g/mol. The van der Waals surface area contributed by atoms with Crippen LogP contribution in [0.25, 0.3) is 0 Å². The third kappa shape index (κ3) is 4.21. The second kappa shape index (κ2) is 8.88. The number of hydrogen-bond acceptors (Lipinski definition) is 5. The molecule has 2 fully saturated rings. The van der Waals surface area contributed by atoms with Gasteiger partial charge in [-0.25, -0.2) is 9.20 Å². The van der Waals surface area contributed by atoms with Crippen molar-refractivity contribution >= 4 is 33.8 Å². The Bertz CT molecular complexity index is 846. The Balaban J connectivity index is 1.16. The summed E-state index contributed by atoms with van der Waals surface area (Å²) in [6.45, 7) is 2.19. The maximum Gasteiger partial charge on any atom is 0.235 e. The van der Waals surface area contributed by atoms with E-state index in [0.29, 0.717) is 13.0 Å². The van der Waals surface area contributed by atoms with Crippen molar-refractivity contribution in [3.63, 3.8) is 0 Å². The van der Waals surface area contributed by atoms with E-state index < -0.39 is 10.8 Å². The number of aliphatic imine (C=N–C) groups is 1. The van der Waals surface area contributed by atoms with Crippen LogP contribution in [0, 0.1) is 5.41 Å². The first-order valence-corrected chi connectivity index (χ1v) is 11.9. The predicted molar refractivity (Wildman–Crippen MR) is 114 cm³/mol. The van der Waals surface area contributed by atoms with Gasteiger partial charge in [-0.3, -0.25) is 14.5 Å². The highest BCUT2D eigenvalue weighted by Gasteiger charge is 2.51. The molecule has 0 aromatic heterocycles. The van der Waals surface area contributed by atoms with Gasteiger partial charge in [0, 0.05) is 13.0 Å². The van der Waals surface area contributed by atoms with Crippen LogP contribution in [0.3, 0.4) is 0 Å². The van der Waals surface area contributed by atoms with Crippen molar-refractivity contribution in [2.24, 2.45) is 10.4 Å². The van der Waals surface area contributed by atoms with Gasteiger partial charge in [-0.15, -0.1) is 0 Å². The minimum absolute atomic E-state index is 0.0259. The number of fused-ring (bicyclic) bond motifs is 1. The summed E-state index contributed by atoms with van der Waals surface area (Å²) < 4.78 is 12.0. The Kier molecular flexibility index (Phi) is 6.25. The van der Waals surface area contributed by atoms with Crippen molar-refractivity contribution in [2.75, 3.05) is 19.6 Å². The first kappa shape index (κ1) is 20.4. The Labute approximate surface area is 174 Å². The molecule has 156 valence electrons. The fourth-order valence-electron chi connectivity index (χ4n) is 4.83. The minimum atomic E-state index is -1.12. The fraction of sp³-hybridized carbons (Fsp3) is 0.591. The molecule has 7 heteroatoms. The highest BCUT2D eigenvalue weighted by molar-refractivity contribution is 7.99. The molecule has 2 heterocycles. The topological polar surface area (TPSA) is 78.8 Å². The van der Waals surface area contributed by atoms with Gasteiger partial charge >= 0.3 is 0 Å². The Morgan fingerprint density at radius 3 is 2.76 bits per heavy atom. The molecule has 1 spiro atoms. The summed E-state index contributed by atoms with van der Waals surface area (Å²) >= 11 is 0. The molecule has 3 aliphatic rings. The Morgan fingerprint density at radius 1 is 1.10 bits per heavy atom. The highest BCUT2D eigenvalue weighted by Crippen LogP contribution is 2.45. The number of benzene rings is 1.